The van der Waals surface area contributed by atoms with Gasteiger partial charge in [0.1, 0.15) is 0 Å². The molecule has 90 valence electrons. The Labute approximate surface area is 93.5 Å². The van der Waals surface area contributed by atoms with Gasteiger partial charge in [-0.25, -0.2) is 0 Å². The van der Waals surface area contributed by atoms with Crippen molar-refractivity contribution in [3.8, 4) is 0 Å². The van der Waals surface area contributed by atoms with Crippen LogP contribution in [0.2, 0.25) is 0 Å². The van der Waals surface area contributed by atoms with Crippen molar-refractivity contribution < 1.29 is 0 Å². The van der Waals surface area contributed by atoms with Crippen molar-refractivity contribution in [2.75, 3.05) is 0 Å². The van der Waals surface area contributed by atoms with E-state index in [0.717, 1.165) is 17.8 Å². The van der Waals surface area contributed by atoms with Crippen LogP contribution in [0, 0.1) is 17.8 Å². The predicted octanol–water partition coefficient (Wildman–Crippen LogP) is 5.77. The van der Waals surface area contributed by atoms with Crippen molar-refractivity contribution in [1.82, 2.24) is 0 Å². The van der Waals surface area contributed by atoms with Gasteiger partial charge in [0.05, 0.1) is 0 Å². The highest BCUT2D eigenvalue weighted by Crippen LogP contribution is 2.26. The van der Waals surface area contributed by atoms with Crippen LogP contribution in [-0.2, 0) is 0 Å². The van der Waals surface area contributed by atoms with Gasteiger partial charge < -0.3 is 0 Å². The van der Waals surface area contributed by atoms with Crippen LogP contribution in [0.15, 0.2) is 0 Å². The quantitative estimate of drug-likeness (QED) is 0.506. The van der Waals surface area contributed by atoms with Gasteiger partial charge in [0.15, 0.2) is 0 Å². The molecule has 14 heavy (non-hydrogen) atoms. The van der Waals surface area contributed by atoms with Crippen LogP contribution >= 0.6 is 0 Å². The SMILES string of the molecule is CC.CC.CC(C)C(C)C.CC1CC1. The van der Waals surface area contributed by atoms with E-state index in [2.05, 4.69) is 34.6 Å². The molecule has 0 saturated heterocycles. The van der Waals surface area contributed by atoms with Crippen molar-refractivity contribution in [3.05, 3.63) is 0 Å². The number of hydrogen-bond acceptors (Lipinski definition) is 0. The lowest BCUT2D eigenvalue weighted by Crippen LogP contribution is -1.95. The third-order valence-corrected chi connectivity index (χ3v) is 2.20. The Balaban J connectivity index is -0.000000131. The first-order valence-corrected chi connectivity index (χ1v) is 6.54. The van der Waals surface area contributed by atoms with Crippen molar-refractivity contribution >= 4 is 0 Å². The van der Waals surface area contributed by atoms with Gasteiger partial charge in [0.25, 0.3) is 0 Å². The standard InChI is InChI=1S/C6H14.C4H8.2C2H6/c1-5(2)6(3)4;1-4-2-3-4;2*1-2/h5-6H,1-4H3;4H,2-3H2,1H3;2*1-2H3. The average molecular weight is 202 g/mol. The molecule has 1 fully saturated rings. The minimum Gasteiger partial charge on any atom is -0.0683 e. The fraction of sp³-hybridized carbons (Fsp3) is 1.00. The topological polar surface area (TPSA) is 0 Å². The smallest absolute Gasteiger partial charge is 0.0443 e. The molecule has 1 rings (SSSR count). The molecule has 1 saturated carbocycles. The monoisotopic (exact) mass is 202 g/mol. The molecular weight excluding hydrogens is 168 g/mol. The van der Waals surface area contributed by atoms with Crippen LogP contribution in [0.1, 0.15) is 75.2 Å². The zero-order valence-corrected chi connectivity index (χ0v) is 12.1. The first-order chi connectivity index (χ1) is 6.54. The first-order valence-electron chi connectivity index (χ1n) is 6.54. The van der Waals surface area contributed by atoms with E-state index < -0.39 is 0 Å². The zero-order chi connectivity index (χ0) is 12.1. The minimum atomic E-state index is 0.852. The Kier molecular flexibility index (Phi) is 21.6. The summed E-state index contributed by atoms with van der Waals surface area (Å²) in [4.78, 5) is 0. The molecule has 0 nitrogen and oxygen atoms in total. The van der Waals surface area contributed by atoms with E-state index in [0.29, 0.717) is 0 Å². The van der Waals surface area contributed by atoms with Gasteiger partial charge in [-0.1, -0.05) is 75.2 Å². The molecule has 1 aliphatic rings. The van der Waals surface area contributed by atoms with E-state index in [1.807, 2.05) is 27.7 Å². The third kappa shape index (κ3) is 29.6. The van der Waals surface area contributed by atoms with Crippen LogP contribution in [0.25, 0.3) is 0 Å². The second-order valence-electron chi connectivity index (χ2n) is 4.17. The molecule has 0 aromatic carbocycles. The highest BCUT2D eigenvalue weighted by atomic mass is 14.2. The Morgan fingerprint density at radius 2 is 0.857 bits per heavy atom. The van der Waals surface area contributed by atoms with Gasteiger partial charge in [0, 0.05) is 0 Å². The molecule has 0 heteroatoms. The van der Waals surface area contributed by atoms with Crippen LogP contribution in [0.4, 0.5) is 0 Å². The summed E-state index contributed by atoms with van der Waals surface area (Å²) in [5, 5.41) is 0. The molecule has 0 spiro atoms. The summed E-state index contributed by atoms with van der Waals surface area (Å²) in [5.74, 6) is 2.79. The zero-order valence-electron chi connectivity index (χ0n) is 12.1. The highest BCUT2D eigenvalue weighted by Gasteiger charge is 2.12. The minimum absolute atomic E-state index is 0.852. The number of rotatable bonds is 1. The first kappa shape index (κ1) is 19.6. The summed E-state index contributed by atoms with van der Waals surface area (Å²) in [6.07, 6.45) is 2.97. The lowest BCUT2D eigenvalue weighted by Gasteiger charge is -2.05. The molecule has 0 heterocycles. The number of hydrogen-bond donors (Lipinski definition) is 0. The second-order valence-corrected chi connectivity index (χ2v) is 4.17. The lowest BCUT2D eigenvalue weighted by molar-refractivity contribution is 0.457. The molecule has 0 amide bonds. The van der Waals surface area contributed by atoms with E-state index in [-0.39, 0.29) is 0 Å². The maximum Gasteiger partial charge on any atom is -0.0443 e. The molecule has 0 aliphatic heterocycles. The molecule has 1 aliphatic carbocycles. The molecule has 0 aromatic rings. The third-order valence-electron chi connectivity index (χ3n) is 2.20. The van der Waals surface area contributed by atoms with E-state index in [9.17, 15) is 0 Å². The molecule has 0 atom stereocenters. The van der Waals surface area contributed by atoms with Gasteiger partial charge >= 0.3 is 0 Å². The van der Waals surface area contributed by atoms with Crippen molar-refractivity contribution in [3.63, 3.8) is 0 Å². The van der Waals surface area contributed by atoms with Gasteiger partial charge in [-0.2, -0.15) is 0 Å². The molecule has 0 N–H and O–H groups in total. The summed E-state index contributed by atoms with van der Waals surface area (Å²) >= 11 is 0. The van der Waals surface area contributed by atoms with Crippen molar-refractivity contribution in [1.29, 1.82) is 0 Å². The van der Waals surface area contributed by atoms with Crippen molar-refractivity contribution in [2.24, 2.45) is 17.8 Å². The summed E-state index contributed by atoms with van der Waals surface area (Å²) in [5.41, 5.74) is 0. The Morgan fingerprint density at radius 1 is 0.714 bits per heavy atom. The van der Waals surface area contributed by atoms with Crippen LogP contribution in [0.3, 0.4) is 0 Å². The Hall–Kier alpha value is 0. The van der Waals surface area contributed by atoms with E-state index >= 15 is 0 Å². The maximum atomic E-state index is 2.28. The van der Waals surface area contributed by atoms with Crippen molar-refractivity contribution in [2.45, 2.75) is 75.2 Å². The van der Waals surface area contributed by atoms with E-state index in [4.69, 9.17) is 0 Å². The van der Waals surface area contributed by atoms with E-state index in [1.165, 1.54) is 12.8 Å². The molecule has 0 aromatic heterocycles. The van der Waals surface area contributed by atoms with E-state index in [1.54, 1.807) is 0 Å². The summed E-state index contributed by atoms with van der Waals surface area (Å²) < 4.78 is 0. The fourth-order valence-electron chi connectivity index (χ4n) is 0.167. The van der Waals surface area contributed by atoms with Gasteiger partial charge in [-0.15, -0.1) is 0 Å². The van der Waals surface area contributed by atoms with Gasteiger partial charge in [-0.3, -0.25) is 0 Å². The second kappa shape index (κ2) is 15.5. The van der Waals surface area contributed by atoms with Gasteiger partial charge in [0.2, 0.25) is 0 Å². The summed E-state index contributed by atoms with van der Waals surface area (Å²) in [7, 11) is 0. The summed E-state index contributed by atoms with van der Waals surface area (Å²) in [6.45, 7) is 19.2. The average Bonchev–Trinajstić information content (AvgIpc) is 2.95. The molecule has 0 unspecified atom stereocenters. The maximum absolute atomic E-state index is 2.28. The van der Waals surface area contributed by atoms with Crippen LogP contribution in [-0.4, -0.2) is 0 Å². The highest BCUT2D eigenvalue weighted by molar-refractivity contribution is 4.65. The van der Waals surface area contributed by atoms with Crippen LogP contribution < -0.4 is 0 Å². The Bertz CT molecular complexity index is 62.1. The lowest BCUT2D eigenvalue weighted by atomic mass is 10.0. The molecule has 0 radical (unpaired) electrons. The normalized spacial score (nSPS) is 13.1. The van der Waals surface area contributed by atoms with Gasteiger partial charge in [-0.05, 0) is 17.8 Å². The predicted molar refractivity (Wildman–Crippen MR) is 70.8 cm³/mol. The summed E-state index contributed by atoms with van der Waals surface area (Å²) in [6, 6.07) is 0. The van der Waals surface area contributed by atoms with Crippen LogP contribution in [0.5, 0.6) is 0 Å². The fourth-order valence-corrected chi connectivity index (χ4v) is 0.167. The molecular formula is C14H34. The molecule has 0 bridgehead atoms. The Morgan fingerprint density at radius 3 is 0.857 bits per heavy atom. The largest absolute Gasteiger partial charge is 0.0683 e.